The minimum atomic E-state index is -0.412. The van der Waals surface area contributed by atoms with Crippen LogP contribution in [0, 0.1) is 12.8 Å². The number of ether oxygens (including phenoxy) is 1. The highest BCUT2D eigenvalue weighted by Gasteiger charge is 2.35. The van der Waals surface area contributed by atoms with Crippen LogP contribution in [0.2, 0.25) is 0 Å². The molecule has 11 nitrogen and oxygen atoms in total. The van der Waals surface area contributed by atoms with Gasteiger partial charge in [0.05, 0.1) is 35.4 Å². The number of hydrogen-bond donors (Lipinski definition) is 3. The molecule has 0 radical (unpaired) electrons. The third kappa shape index (κ3) is 7.18. The lowest BCUT2D eigenvalue weighted by atomic mass is 9.92. The molecule has 0 aliphatic carbocycles. The maximum absolute atomic E-state index is 12.8. The summed E-state index contributed by atoms with van der Waals surface area (Å²) in [5.74, 6) is 1.32. The number of carbonyl (C=O) groups is 2. The summed E-state index contributed by atoms with van der Waals surface area (Å²) in [4.78, 5) is 32.1. The Morgan fingerprint density at radius 1 is 1.25 bits per heavy atom. The first-order chi connectivity index (χ1) is 19.3. The fourth-order valence-electron chi connectivity index (χ4n) is 4.83. The van der Waals surface area contributed by atoms with E-state index in [1.54, 1.807) is 33.9 Å². The zero-order valence-corrected chi connectivity index (χ0v) is 23.9. The van der Waals surface area contributed by atoms with Crippen molar-refractivity contribution in [1.82, 2.24) is 20.4 Å². The lowest BCUT2D eigenvalue weighted by Gasteiger charge is -2.26. The smallest absolute Gasteiger partial charge is 0.233 e. The number of hydrogen-bond acceptors (Lipinski definition) is 10. The first-order valence-electron chi connectivity index (χ1n) is 13.4. The first kappa shape index (κ1) is 29.5. The molecule has 5 rings (SSSR count). The molecule has 40 heavy (non-hydrogen) atoms. The molecule has 0 spiro atoms. The minimum absolute atomic E-state index is 0.0150. The number of likely N-dealkylation sites (tertiary alicyclic amines) is 1. The number of carbonyl (C=O) groups excluding carboxylic acids is 2. The molecule has 3 N–H and O–H groups in total. The van der Waals surface area contributed by atoms with Crippen molar-refractivity contribution < 1.29 is 29.1 Å². The van der Waals surface area contributed by atoms with Crippen molar-refractivity contribution in [3.05, 3.63) is 46.8 Å². The number of phenolic OH excluding ortho intramolecular Hbond substituents is 1. The number of nitrogens with zero attached hydrogens (tertiary/aromatic N) is 4. The molecule has 12 heteroatoms. The summed E-state index contributed by atoms with van der Waals surface area (Å²) in [5.41, 5.74) is 4.37. The number of nitrogens with one attached hydrogen (secondary N) is 1. The number of rotatable bonds is 8. The quantitative estimate of drug-likeness (QED) is 0.348. The highest BCUT2D eigenvalue weighted by molar-refractivity contribution is 7.13. The summed E-state index contributed by atoms with van der Waals surface area (Å²) in [6, 6.07) is 7.30. The zero-order valence-electron chi connectivity index (χ0n) is 23.1. The summed E-state index contributed by atoms with van der Waals surface area (Å²) >= 11 is 1.54. The number of aliphatic hydroxyl groups excluding tert-OH is 1. The molecule has 1 aromatic carbocycles. The molecule has 0 bridgehead atoms. The molecular formula is C28H37N5O6S. The number of thiazole rings is 1. The second kappa shape index (κ2) is 13.7. The maximum atomic E-state index is 12.8. The van der Waals surface area contributed by atoms with Gasteiger partial charge >= 0.3 is 0 Å². The Labute approximate surface area is 237 Å². The minimum Gasteiger partial charge on any atom is -0.508 e. The lowest BCUT2D eigenvalue weighted by Crippen LogP contribution is -2.36. The first-order valence-corrected chi connectivity index (χ1v) is 14.3. The van der Waals surface area contributed by atoms with E-state index in [1.165, 1.54) is 0 Å². The number of aromatic hydroxyl groups is 1. The van der Waals surface area contributed by atoms with Gasteiger partial charge in [-0.1, -0.05) is 31.1 Å². The average Bonchev–Trinajstić information content (AvgIpc) is 3.70. The van der Waals surface area contributed by atoms with Gasteiger partial charge < -0.3 is 34.6 Å². The molecule has 4 heterocycles. The van der Waals surface area contributed by atoms with Crippen molar-refractivity contribution in [2.24, 2.45) is 5.92 Å². The van der Waals surface area contributed by atoms with Crippen LogP contribution in [-0.4, -0.2) is 83.1 Å². The number of aromatic nitrogens is 2. The number of anilines is 1. The molecule has 2 fully saturated rings. The van der Waals surface area contributed by atoms with Crippen molar-refractivity contribution in [1.29, 1.82) is 0 Å². The molecule has 0 saturated carbocycles. The predicted octanol–water partition coefficient (Wildman–Crippen LogP) is 2.91. The SMILES string of the molecule is CC(C)C(C(=O)N1CCC(O)C1)c1cc(N2CCOCC2)no1.Cc1ncsc1-c1ccc(CNC=O)c(O)c1. The normalized spacial score (nSPS) is 17.9. The monoisotopic (exact) mass is 571 g/mol. The summed E-state index contributed by atoms with van der Waals surface area (Å²) in [6.07, 6.45) is 0.845. The molecule has 2 amide bonds. The predicted molar refractivity (Wildman–Crippen MR) is 151 cm³/mol. The van der Waals surface area contributed by atoms with Crippen LogP contribution in [0.1, 0.15) is 43.2 Å². The van der Waals surface area contributed by atoms with E-state index in [9.17, 15) is 19.8 Å². The average molecular weight is 572 g/mol. The van der Waals surface area contributed by atoms with Gasteiger partial charge in [-0.15, -0.1) is 11.3 Å². The van der Waals surface area contributed by atoms with E-state index < -0.39 is 6.10 Å². The van der Waals surface area contributed by atoms with E-state index in [0.29, 0.717) is 57.0 Å². The molecule has 2 aliphatic rings. The Morgan fingerprint density at radius 2 is 2.02 bits per heavy atom. The Morgan fingerprint density at radius 3 is 2.62 bits per heavy atom. The molecule has 2 aliphatic heterocycles. The highest BCUT2D eigenvalue weighted by Crippen LogP contribution is 2.32. The topological polar surface area (TPSA) is 141 Å². The number of β-amino-alcohol motifs (C(OH)–C–C–N with tert-alkyl or cyclic N) is 1. The van der Waals surface area contributed by atoms with Crippen LogP contribution in [-0.2, 0) is 20.9 Å². The molecule has 216 valence electrons. The maximum Gasteiger partial charge on any atom is 0.233 e. The number of phenols is 1. The summed E-state index contributed by atoms with van der Waals surface area (Å²) in [5, 5.41) is 26.2. The van der Waals surface area contributed by atoms with Crippen molar-refractivity contribution in [2.45, 2.75) is 45.8 Å². The molecular weight excluding hydrogens is 534 g/mol. The van der Waals surface area contributed by atoms with Gasteiger partial charge in [-0.25, -0.2) is 4.98 Å². The van der Waals surface area contributed by atoms with Gasteiger partial charge in [-0.2, -0.15) is 0 Å². The van der Waals surface area contributed by atoms with Crippen LogP contribution < -0.4 is 10.2 Å². The summed E-state index contributed by atoms with van der Waals surface area (Å²) in [6.45, 7) is 10.2. The van der Waals surface area contributed by atoms with E-state index >= 15 is 0 Å². The van der Waals surface area contributed by atoms with E-state index in [0.717, 1.165) is 35.0 Å². The fourth-order valence-corrected chi connectivity index (χ4v) is 5.63. The van der Waals surface area contributed by atoms with Gasteiger partial charge in [-0.05, 0) is 30.9 Å². The van der Waals surface area contributed by atoms with Crippen LogP contribution in [0.5, 0.6) is 5.75 Å². The lowest BCUT2D eigenvalue weighted by molar-refractivity contribution is -0.133. The van der Waals surface area contributed by atoms with Crippen molar-refractivity contribution in [3.63, 3.8) is 0 Å². The van der Waals surface area contributed by atoms with Gasteiger partial charge in [-0.3, -0.25) is 9.59 Å². The molecule has 2 aromatic heterocycles. The Kier molecular flexibility index (Phi) is 10.1. The number of amides is 2. The fraction of sp³-hybridized carbons (Fsp3) is 0.500. The van der Waals surface area contributed by atoms with E-state index in [1.807, 2.05) is 32.9 Å². The van der Waals surface area contributed by atoms with E-state index in [4.69, 9.17) is 9.26 Å². The number of aliphatic hydroxyl groups is 1. The molecule has 3 aromatic rings. The second-order valence-electron chi connectivity index (χ2n) is 10.2. The van der Waals surface area contributed by atoms with Gasteiger partial charge in [0.2, 0.25) is 12.3 Å². The van der Waals surface area contributed by atoms with Crippen molar-refractivity contribution >= 4 is 29.5 Å². The summed E-state index contributed by atoms with van der Waals surface area (Å²) in [7, 11) is 0. The Bertz CT molecular complexity index is 1270. The van der Waals surface area contributed by atoms with Crippen LogP contribution in [0.15, 0.2) is 34.3 Å². The van der Waals surface area contributed by atoms with Gasteiger partial charge in [0.1, 0.15) is 11.7 Å². The largest absolute Gasteiger partial charge is 0.508 e. The number of aryl methyl sites for hydroxylation is 1. The van der Waals surface area contributed by atoms with Crippen molar-refractivity contribution in [3.8, 4) is 16.2 Å². The third-order valence-corrected chi connectivity index (χ3v) is 8.01. The van der Waals surface area contributed by atoms with Gasteiger partial charge in [0.15, 0.2) is 11.6 Å². The van der Waals surface area contributed by atoms with Crippen molar-refractivity contribution in [2.75, 3.05) is 44.3 Å². The Balaban J connectivity index is 0.000000194. The molecule has 2 unspecified atom stereocenters. The van der Waals surface area contributed by atoms with Gasteiger partial charge in [0, 0.05) is 44.4 Å². The number of benzene rings is 1. The summed E-state index contributed by atoms with van der Waals surface area (Å²) < 4.78 is 10.9. The standard InChI is InChI=1S/C16H25N3O4.C12H12N2O2S/c1-11(2)15(16(21)19-4-3-12(20)10-19)13-9-14(17-23-13)18-5-7-22-8-6-18;1-8-12(17-7-14-8)9-2-3-10(5-13-6-15)11(16)4-9/h9,11-12,15,20H,3-8,10H2,1-2H3;2-4,6-7,16H,5H2,1H3,(H,13,15). The number of morpholine rings is 1. The van der Waals surface area contributed by atoms with Gasteiger partial charge in [0.25, 0.3) is 0 Å². The van der Waals surface area contributed by atoms with Crippen LogP contribution in [0.25, 0.3) is 10.4 Å². The van der Waals surface area contributed by atoms with Crippen LogP contribution >= 0.6 is 11.3 Å². The van der Waals surface area contributed by atoms with E-state index in [-0.39, 0.29) is 23.5 Å². The van der Waals surface area contributed by atoms with Crippen LogP contribution in [0.3, 0.4) is 0 Å². The van der Waals surface area contributed by atoms with E-state index in [2.05, 4.69) is 20.4 Å². The Hall–Kier alpha value is -3.48. The zero-order chi connectivity index (χ0) is 28.6. The van der Waals surface area contributed by atoms with Crippen LogP contribution in [0.4, 0.5) is 5.82 Å². The second-order valence-corrected chi connectivity index (χ2v) is 11.1. The highest BCUT2D eigenvalue weighted by atomic mass is 32.1. The third-order valence-electron chi connectivity index (χ3n) is 7.03. The molecule has 2 saturated heterocycles. The molecule has 2 atom stereocenters.